The van der Waals surface area contributed by atoms with Gasteiger partial charge in [0, 0.05) is 0 Å². The molecule has 3 aliphatic rings. The highest BCUT2D eigenvalue weighted by atomic mass is 16.4. The summed E-state index contributed by atoms with van der Waals surface area (Å²) in [5.41, 5.74) is -0.312. The van der Waals surface area contributed by atoms with E-state index in [0.717, 1.165) is 43.4 Å². The molecule has 3 aliphatic carbocycles. The molecule has 2 nitrogen and oxygen atoms in total. The number of hydrogen-bond acceptors (Lipinski definition) is 1. The fourth-order valence-corrected chi connectivity index (χ4v) is 4.32. The second-order valence-corrected chi connectivity index (χ2v) is 6.58. The maximum Gasteiger partial charge on any atom is 0.309 e. The Kier molecular flexibility index (Phi) is 2.31. The zero-order valence-corrected chi connectivity index (χ0v) is 10.1. The highest BCUT2D eigenvalue weighted by molar-refractivity contribution is 5.76. The predicted molar refractivity (Wildman–Crippen MR) is 62.0 cm³/mol. The molecule has 0 amide bonds. The van der Waals surface area contributed by atoms with Gasteiger partial charge in [0.05, 0.1) is 5.41 Å². The Morgan fingerprint density at radius 2 is 1.69 bits per heavy atom. The van der Waals surface area contributed by atoms with Crippen LogP contribution in [0.2, 0.25) is 0 Å². The summed E-state index contributed by atoms with van der Waals surface area (Å²) < 4.78 is 0. The van der Waals surface area contributed by atoms with Crippen molar-refractivity contribution in [3.05, 3.63) is 0 Å². The molecule has 3 saturated carbocycles. The van der Waals surface area contributed by atoms with Crippen LogP contribution in [0.4, 0.5) is 0 Å². The molecule has 0 aromatic heterocycles. The fraction of sp³-hybridized carbons (Fsp3) is 0.929. The molecule has 2 unspecified atom stereocenters. The molecule has 0 bridgehead atoms. The third-order valence-electron chi connectivity index (χ3n) is 5.55. The third kappa shape index (κ3) is 1.49. The van der Waals surface area contributed by atoms with Crippen molar-refractivity contribution in [1.29, 1.82) is 0 Å². The van der Waals surface area contributed by atoms with Crippen LogP contribution in [0, 0.1) is 29.1 Å². The summed E-state index contributed by atoms with van der Waals surface area (Å²) in [4.78, 5) is 11.7. The summed E-state index contributed by atoms with van der Waals surface area (Å²) in [5, 5.41) is 9.62. The molecular weight excluding hydrogens is 200 g/mol. The van der Waals surface area contributed by atoms with Crippen molar-refractivity contribution < 1.29 is 9.90 Å². The lowest BCUT2D eigenvalue weighted by Crippen LogP contribution is -2.39. The Labute approximate surface area is 97.4 Å². The Morgan fingerprint density at radius 3 is 2.19 bits per heavy atom. The molecule has 0 aliphatic heterocycles. The molecule has 0 aromatic carbocycles. The molecule has 1 N–H and O–H groups in total. The Balaban J connectivity index is 1.76. The van der Waals surface area contributed by atoms with Crippen LogP contribution >= 0.6 is 0 Å². The van der Waals surface area contributed by atoms with Crippen molar-refractivity contribution in [3.8, 4) is 0 Å². The van der Waals surface area contributed by atoms with Crippen molar-refractivity contribution in [2.24, 2.45) is 29.1 Å². The van der Waals surface area contributed by atoms with E-state index in [-0.39, 0.29) is 5.41 Å². The second kappa shape index (κ2) is 3.48. The van der Waals surface area contributed by atoms with Crippen molar-refractivity contribution in [2.75, 3.05) is 0 Å². The van der Waals surface area contributed by atoms with Crippen LogP contribution in [0.3, 0.4) is 0 Å². The smallest absolute Gasteiger partial charge is 0.309 e. The van der Waals surface area contributed by atoms with E-state index in [1.165, 1.54) is 19.3 Å². The minimum Gasteiger partial charge on any atom is -0.481 e. The molecular formula is C14H22O2. The standard InChI is InChI=1S/C14H22O2/c1-9-2-4-12(5-3-9)14(13(15)16)7-10-6-11(10)8-14/h9-12H,2-8H2,1H3,(H,15,16). The van der Waals surface area contributed by atoms with Crippen molar-refractivity contribution in [1.82, 2.24) is 0 Å². The minimum absolute atomic E-state index is 0.312. The van der Waals surface area contributed by atoms with E-state index in [2.05, 4.69) is 6.92 Å². The second-order valence-electron chi connectivity index (χ2n) is 6.58. The quantitative estimate of drug-likeness (QED) is 0.778. The van der Waals surface area contributed by atoms with Gasteiger partial charge in [-0.3, -0.25) is 4.79 Å². The monoisotopic (exact) mass is 222 g/mol. The molecule has 90 valence electrons. The van der Waals surface area contributed by atoms with Crippen LogP contribution in [0.25, 0.3) is 0 Å². The van der Waals surface area contributed by atoms with Crippen LogP contribution in [-0.2, 0) is 4.79 Å². The number of aliphatic carboxylic acids is 1. The molecule has 2 atom stereocenters. The van der Waals surface area contributed by atoms with Gasteiger partial charge in [-0.2, -0.15) is 0 Å². The molecule has 2 heteroatoms. The van der Waals surface area contributed by atoms with Gasteiger partial charge in [0.2, 0.25) is 0 Å². The van der Waals surface area contributed by atoms with Crippen molar-refractivity contribution >= 4 is 5.97 Å². The van der Waals surface area contributed by atoms with Gasteiger partial charge in [-0.25, -0.2) is 0 Å². The van der Waals surface area contributed by atoms with Crippen molar-refractivity contribution in [2.45, 2.75) is 51.9 Å². The Morgan fingerprint density at radius 1 is 1.12 bits per heavy atom. The molecule has 3 fully saturated rings. The van der Waals surface area contributed by atoms with E-state index >= 15 is 0 Å². The first-order chi connectivity index (χ1) is 7.62. The van der Waals surface area contributed by atoms with Crippen LogP contribution in [-0.4, -0.2) is 11.1 Å². The Bertz CT molecular complexity index is 292. The number of fused-ring (bicyclic) bond motifs is 1. The van der Waals surface area contributed by atoms with E-state index in [0.29, 0.717) is 5.92 Å². The highest BCUT2D eigenvalue weighted by Gasteiger charge is 2.60. The Hall–Kier alpha value is -0.530. The molecule has 0 saturated heterocycles. The lowest BCUT2D eigenvalue weighted by Gasteiger charge is -2.39. The maximum absolute atomic E-state index is 11.7. The van der Waals surface area contributed by atoms with Gasteiger partial charge in [-0.05, 0) is 55.8 Å². The summed E-state index contributed by atoms with van der Waals surface area (Å²) >= 11 is 0. The zero-order valence-electron chi connectivity index (χ0n) is 10.1. The van der Waals surface area contributed by atoms with Crippen LogP contribution in [0.1, 0.15) is 51.9 Å². The van der Waals surface area contributed by atoms with Gasteiger partial charge in [-0.15, -0.1) is 0 Å². The minimum atomic E-state index is -0.487. The number of hydrogen-bond donors (Lipinski definition) is 1. The molecule has 3 rings (SSSR count). The summed E-state index contributed by atoms with van der Waals surface area (Å²) in [6, 6.07) is 0. The first-order valence-electron chi connectivity index (χ1n) is 6.85. The average Bonchev–Trinajstić information content (AvgIpc) is 2.87. The third-order valence-corrected chi connectivity index (χ3v) is 5.55. The van der Waals surface area contributed by atoms with Gasteiger partial charge in [0.1, 0.15) is 0 Å². The maximum atomic E-state index is 11.7. The van der Waals surface area contributed by atoms with Gasteiger partial charge >= 0.3 is 5.97 Å². The molecule has 16 heavy (non-hydrogen) atoms. The van der Waals surface area contributed by atoms with E-state index in [9.17, 15) is 9.90 Å². The molecule has 0 radical (unpaired) electrons. The topological polar surface area (TPSA) is 37.3 Å². The van der Waals surface area contributed by atoms with Gasteiger partial charge in [0.15, 0.2) is 0 Å². The van der Waals surface area contributed by atoms with E-state index in [1.54, 1.807) is 0 Å². The largest absolute Gasteiger partial charge is 0.481 e. The van der Waals surface area contributed by atoms with Crippen molar-refractivity contribution in [3.63, 3.8) is 0 Å². The van der Waals surface area contributed by atoms with Gasteiger partial charge < -0.3 is 5.11 Å². The number of rotatable bonds is 2. The summed E-state index contributed by atoms with van der Waals surface area (Å²) in [5.74, 6) is 2.36. The summed E-state index contributed by atoms with van der Waals surface area (Å²) in [6.07, 6.45) is 8.11. The van der Waals surface area contributed by atoms with E-state index in [1.807, 2.05) is 0 Å². The number of carbonyl (C=O) groups is 1. The van der Waals surface area contributed by atoms with Crippen LogP contribution in [0.5, 0.6) is 0 Å². The first kappa shape index (κ1) is 10.6. The van der Waals surface area contributed by atoms with Crippen LogP contribution in [0.15, 0.2) is 0 Å². The highest BCUT2D eigenvalue weighted by Crippen LogP contribution is 2.64. The SMILES string of the molecule is CC1CCC(C2(C(=O)O)CC3CC3C2)CC1. The molecule has 0 aromatic rings. The van der Waals surface area contributed by atoms with E-state index < -0.39 is 5.97 Å². The zero-order chi connectivity index (χ0) is 11.3. The van der Waals surface area contributed by atoms with Gasteiger partial charge in [0.25, 0.3) is 0 Å². The van der Waals surface area contributed by atoms with E-state index in [4.69, 9.17) is 0 Å². The predicted octanol–water partition coefficient (Wildman–Crippen LogP) is 3.31. The van der Waals surface area contributed by atoms with Crippen LogP contribution < -0.4 is 0 Å². The molecule has 0 spiro atoms. The molecule has 0 heterocycles. The number of carboxylic acids is 1. The summed E-state index contributed by atoms with van der Waals surface area (Å²) in [7, 11) is 0. The fourth-order valence-electron chi connectivity index (χ4n) is 4.32. The average molecular weight is 222 g/mol. The number of carboxylic acid groups (broad SMARTS) is 1. The normalized spacial score (nSPS) is 51.1. The lowest BCUT2D eigenvalue weighted by atomic mass is 9.65. The lowest BCUT2D eigenvalue weighted by molar-refractivity contribution is -0.154. The van der Waals surface area contributed by atoms with Gasteiger partial charge in [-0.1, -0.05) is 19.8 Å². The summed E-state index contributed by atoms with van der Waals surface area (Å²) in [6.45, 7) is 2.30. The first-order valence-corrected chi connectivity index (χ1v) is 6.85.